The summed E-state index contributed by atoms with van der Waals surface area (Å²) in [5.74, 6) is 0.881. The molecule has 0 atom stereocenters. The van der Waals surface area contributed by atoms with Gasteiger partial charge in [0.05, 0.1) is 5.69 Å². The molecular formula is C24H27N5O2. The molecule has 5 rings (SSSR count). The second-order valence-corrected chi connectivity index (χ2v) is 8.68. The molecule has 0 radical (unpaired) electrons. The summed E-state index contributed by atoms with van der Waals surface area (Å²) in [6, 6.07) is 9.27. The molecular weight excluding hydrogens is 390 g/mol. The standard InChI is InChI=1S/C24H27N5O2/c1-3-21(31)29-13-16(14-29)23-22(15-8-10-28(2)11-9-15)18-12-19(26-27-24(18)25-23)17-6-4-5-7-20(17)30/h3-7,12,15-16,30H,1,8-11,13-14H2,2H3,(H,25,27). The lowest BCUT2D eigenvalue weighted by Crippen LogP contribution is -2.48. The number of amides is 1. The fraction of sp³-hybridized carbons (Fsp3) is 0.375. The first-order valence-corrected chi connectivity index (χ1v) is 10.8. The summed E-state index contributed by atoms with van der Waals surface area (Å²) < 4.78 is 0. The second-order valence-electron chi connectivity index (χ2n) is 8.68. The minimum absolute atomic E-state index is 0.0187. The Kier molecular flexibility index (Phi) is 4.98. The van der Waals surface area contributed by atoms with Crippen LogP contribution in [0.5, 0.6) is 5.75 Å². The maximum Gasteiger partial charge on any atom is 0.245 e. The highest BCUT2D eigenvalue weighted by molar-refractivity contribution is 5.89. The van der Waals surface area contributed by atoms with E-state index in [1.807, 2.05) is 17.0 Å². The maximum absolute atomic E-state index is 11.9. The van der Waals surface area contributed by atoms with Gasteiger partial charge >= 0.3 is 0 Å². The zero-order valence-corrected chi connectivity index (χ0v) is 17.7. The van der Waals surface area contributed by atoms with Crippen molar-refractivity contribution in [2.24, 2.45) is 0 Å². The second kappa shape index (κ2) is 7.81. The van der Waals surface area contributed by atoms with Gasteiger partial charge in [0.15, 0.2) is 5.65 Å². The average molecular weight is 418 g/mol. The van der Waals surface area contributed by atoms with Gasteiger partial charge in [-0.05, 0) is 68.7 Å². The van der Waals surface area contributed by atoms with Gasteiger partial charge in [-0.3, -0.25) is 4.79 Å². The van der Waals surface area contributed by atoms with Crippen LogP contribution in [-0.4, -0.2) is 69.2 Å². The van der Waals surface area contributed by atoms with Crippen LogP contribution in [0.4, 0.5) is 0 Å². The van der Waals surface area contributed by atoms with Gasteiger partial charge in [-0.1, -0.05) is 18.7 Å². The third-order valence-corrected chi connectivity index (χ3v) is 6.71. The van der Waals surface area contributed by atoms with Crippen LogP contribution in [0.2, 0.25) is 0 Å². The summed E-state index contributed by atoms with van der Waals surface area (Å²) in [7, 11) is 2.17. The molecule has 2 aromatic heterocycles. The molecule has 2 N–H and O–H groups in total. The number of fused-ring (bicyclic) bond motifs is 1. The highest BCUT2D eigenvalue weighted by Gasteiger charge is 2.36. The van der Waals surface area contributed by atoms with Crippen LogP contribution in [0, 0.1) is 0 Å². The number of aromatic amines is 1. The van der Waals surface area contributed by atoms with Gasteiger partial charge in [-0.15, -0.1) is 10.2 Å². The van der Waals surface area contributed by atoms with Crippen LogP contribution in [0.3, 0.4) is 0 Å². The van der Waals surface area contributed by atoms with Gasteiger partial charge < -0.3 is 19.9 Å². The van der Waals surface area contributed by atoms with Crippen LogP contribution in [0.15, 0.2) is 43.0 Å². The van der Waals surface area contributed by atoms with E-state index < -0.39 is 0 Å². The van der Waals surface area contributed by atoms with Crippen molar-refractivity contribution < 1.29 is 9.90 Å². The highest BCUT2D eigenvalue weighted by atomic mass is 16.3. The van der Waals surface area contributed by atoms with Crippen molar-refractivity contribution in [1.29, 1.82) is 0 Å². The number of aromatic nitrogens is 3. The van der Waals surface area contributed by atoms with Crippen LogP contribution in [0.25, 0.3) is 22.3 Å². The van der Waals surface area contributed by atoms with Crippen LogP contribution < -0.4 is 0 Å². The number of benzene rings is 1. The molecule has 2 aliphatic heterocycles. The Morgan fingerprint density at radius 2 is 1.94 bits per heavy atom. The Labute approximate surface area is 181 Å². The molecule has 0 saturated carbocycles. The van der Waals surface area contributed by atoms with E-state index in [-0.39, 0.29) is 17.6 Å². The van der Waals surface area contributed by atoms with Gasteiger partial charge in [0.1, 0.15) is 5.75 Å². The fourth-order valence-electron chi connectivity index (χ4n) is 4.88. The molecule has 0 unspecified atom stereocenters. The minimum atomic E-state index is -0.0187. The summed E-state index contributed by atoms with van der Waals surface area (Å²) >= 11 is 0. The molecule has 1 amide bonds. The number of piperidine rings is 1. The zero-order valence-electron chi connectivity index (χ0n) is 17.7. The number of likely N-dealkylation sites (tertiary alicyclic amines) is 2. The molecule has 1 aromatic carbocycles. The third kappa shape index (κ3) is 3.49. The zero-order chi connectivity index (χ0) is 21.5. The molecule has 2 fully saturated rings. The van der Waals surface area contributed by atoms with Gasteiger partial charge in [0.25, 0.3) is 0 Å². The van der Waals surface area contributed by atoms with E-state index in [1.165, 1.54) is 17.3 Å². The van der Waals surface area contributed by atoms with E-state index in [2.05, 4.69) is 39.8 Å². The molecule has 7 nitrogen and oxygen atoms in total. The first kappa shape index (κ1) is 19.8. The summed E-state index contributed by atoms with van der Waals surface area (Å²) in [6.45, 7) is 7.11. The molecule has 2 saturated heterocycles. The third-order valence-electron chi connectivity index (χ3n) is 6.71. The molecule has 0 spiro atoms. The van der Waals surface area contributed by atoms with Gasteiger partial charge in [0, 0.05) is 35.7 Å². The number of para-hydroxylation sites is 1. The Bertz CT molecular complexity index is 1140. The normalized spacial score (nSPS) is 18.3. The molecule has 2 aliphatic rings. The molecule has 0 aliphatic carbocycles. The van der Waals surface area contributed by atoms with Crippen LogP contribution >= 0.6 is 0 Å². The predicted octanol–water partition coefficient (Wildman–Crippen LogP) is 3.25. The van der Waals surface area contributed by atoms with Crippen molar-refractivity contribution >= 4 is 16.9 Å². The molecule has 7 heteroatoms. The SMILES string of the molecule is C=CC(=O)N1CC(c2[nH]c3nnc(-c4ccccc4O)cc3c2C2CCN(C)CC2)C1. The van der Waals surface area contributed by atoms with E-state index >= 15 is 0 Å². The van der Waals surface area contributed by atoms with E-state index in [1.54, 1.807) is 12.1 Å². The van der Waals surface area contributed by atoms with E-state index in [0.29, 0.717) is 30.3 Å². The van der Waals surface area contributed by atoms with Gasteiger partial charge in [0.2, 0.25) is 5.91 Å². The van der Waals surface area contributed by atoms with Crippen LogP contribution in [-0.2, 0) is 4.79 Å². The number of aromatic hydroxyl groups is 1. The first-order valence-electron chi connectivity index (χ1n) is 10.8. The summed E-state index contributed by atoms with van der Waals surface area (Å²) in [4.78, 5) is 19.7. The summed E-state index contributed by atoms with van der Waals surface area (Å²) in [6.07, 6.45) is 3.56. The van der Waals surface area contributed by atoms with Crippen molar-refractivity contribution in [1.82, 2.24) is 25.0 Å². The van der Waals surface area contributed by atoms with E-state index in [9.17, 15) is 9.90 Å². The maximum atomic E-state index is 11.9. The van der Waals surface area contributed by atoms with Crippen molar-refractivity contribution in [2.45, 2.75) is 24.7 Å². The van der Waals surface area contributed by atoms with E-state index in [0.717, 1.165) is 37.0 Å². The lowest BCUT2D eigenvalue weighted by molar-refractivity contribution is -0.130. The Hall–Kier alpha value is -3.19. The number of phenolic OH excluding ortho intramolecular Hbond substituents is 1. The Balaban J connectivity index is 1.58. The number of carbonyl (C=O) groups is 1. The van der Waals surface area contributed by atoms with Gasteiger partial charge in [-0.25, -0.2) is 0 Å². The molecule has 160 valence electrons. The highest BCUT2D eigenvalue weighted by Crippen LogP contribution is 2.41. The molecule has 4 heterocycles. The van der Waals surface area contributed by atoms with Crippen molar-refractivity contribution in [3.05, 3.63) is 54.2 Å². The number of carbonyl (C=O) groups excluding carboxylic acids is 1. The van der Waals surface area contributed by atoms with E-state index in [4.69, 9.17) is 0 Å². The fourth-order valence-corrected chi connectivity index (χ4v) is 4.88. The number of H-pyrrole nitrogens is 1. The predicted molar refractivity (Wildman–Crippen MR) is 120 cm³/mol. The van der Waals surface area contributed by atoms with Crippen LogP contribution in [0.1, 0.15) is 35.9 Å². The lowest BCUT2D eigenvalue weighted by Gasteiger charge is -2.39. The average Bonchev–Trinajstić information content (AvgIpc) is 3.11. The first-order chi connectivity index (χ1) is 15.0. The van der Waals surface area contributed by atoms with Crippen molar-refractivity contribution in [3.8, 4) is 17.0 Å². The summed E-state index contributed by atoms with van der Waals surface area (Å²) in [5, 5.41) is 20.2. The molecule has 0 bridgehead atoms. The number of hydrogen-bond acceptors (Lipinski definition) is 5. The van der Waals surface area contributed by atoms with Crippen molar-refractivity contribution in [3.63, 3.8) is 0 Å². The smallest absolute Gasteiger partial charge is 0.245 e. The molecule has 3 aromatic rings. The monoisotopic (exact) mass is 417 g/mol. The Morgan fingerprint density at radius 3 is 2.65 bits per heavy atom. The molecule has 31 heavy (non-hydrogen) atoms. The topological polar surface area (TPSA) is 85.3 Å². The van der Waals surface area contributed by atoms with Gasteiger partial charge in [-0.2, -0.15) is 0 Å². The number of nitrogens with one attached hydrogen (secondary N) is 1. The van der Waals surface area contributed by atoms with Crippen molar-refractivity contribution in [2.75, 3.05) is 33.2 Å². The minimum Gasteiger partial charge on any atom is -0.507 e. The number of hydrogen-bond donors (Lipinski definition) is 2. The quantitative estimate of drug-likeness (QED) is 0.637. The number of phenols is 1. The number of nitrogens with zero attached hydrogens (tertiary/aromatic N) is 4. The summed E-state index contributed by atoms with van der Waals surface area (Å²) in [5.41, 5.74) is 4.62. The lowest BCUT2D eigenvalue weighted by atomic mass is 9.83. The Morgan fingerprint density at radius 1 is 1.19 bits per heavy atom. The number of rotatable bonds is 4. The largest absolute Gasteiger partial charge is 0.507 e.